The molecule has 0 aliphatic rings. The minimum absolute atomic E-state index is 0.000127. The van der Waals surface area contributed by atoms with E-state index in [1.807, 2.05) is 0 Å². The van der Waals surface area contributed by atoms with Gasteiger partial charge in [0.25, 0.3) is 10.0 Å². The zero-order valence-electron chi connectivity index (χ0n) is 9.92. The van der Waals surface area contributed by atoms with Crippen LogP contribution in [0.4, 0.5) is 10.1 Å². The van der Waals surface area contributed by atoms with Crippen molar-refractivity contribution in [3.8, 4) is 0 Å². The number of benzene rings is 1. The van der Waals surface area contributed by atoms with E-state index < -0.39 is 27.3 Å². The topological polar surface area (TPSA) is 92.2 Å². The highest BCUT2D eigenvalue weighted by Crippen LogP contribution is 2.25. The van der Waals surface area contributed by atoms with Crippen molar-refractivity contribution >= 4 is 27.3 Å². The van der Waals surface area contributed by atoms with Crippen molar-refractivity contribution < 1.29 is 17.9 Å². The van der Waals surface area contributed by atoms with Crippen molar-refractivity contribution in [2.45, 2.75) is 11.5 Å². The Morgan fingerprint density at radius 2 is 1.95 bits per heavy atom. The molecular formula is C11H9ClFN3O3S. The first-order valence-corrected chi connectivity index (χ1v) is 7.17. The summed E-state index contributed by atoms with van der Waals surface area (Å²) in [5.74, 6) is -1.05. The summed E-state index contributed by atoms with van der Waals surface area (Å²) in [7, 11) is -4.20. The van der Waals surface area contributed by atoms with Crippen LogP contribution in [-0.4, -0.2) is 23.5 Å². The Labute approximate surface area is 119 Å². The molecule has 0 atom stereocenters. The van der Waals surface area contributed by atoms with Gasteiger partial charge in [0.2, 0.25) is 0 Å². The number of aromatic nitrogens is 2. The lowest BCUT2D eigenvalue weighted by molar-refractivity contribution is 0.274. The Balaban J connectivity index is 2.47. The van der Waals surface area contributed by atoms with Gasteiger partial charge in [-0.3, -0.25) is 4.72 Å². The molecule has 0 saturated heterocycles. The molecule has 1 heterocycles. The van der Waals surface area contributed by atoms with Crippen LogP contribution >= 0.6 is 11.6 Å². The summed E-state index contributed by atoms with van der Waals surface area (Å²) >= 11 is 5.72. The highest BCUT2D eigenvalue weighted by atomic mass is 35.5. The smallest absolute Gasteiger partial charge is 0.264 e. The number of aliphatic hydroxyl groups is 1. The van der Waals surface area contributed by atoms with Gasteiger partial charge in [-0.2, -0.15) is 0 Å². The zero-order valence-corrected chi connectivity index (χ0v) is 11.5. The average Bonchev–Trinajstić information content (AvgIpc) is 2.41. The fraction of sp³-hybridized carbons (Fsp3) is 0.0909. The quantitative estimate of drug-likeness (QED) is 0.893. The summed E-state index contributed by atoms with van der Waals surface area (Å²) < 4.78 is 40.3. The second-order valence-corrected chi connectivity index (χ2v) is 5.86. The van der Waals surface area contributed by atoms with Crippen LogP contribution in [0.2, 0.25) is 5.02 Å². The molecule has 0 spiro atoms. The van der Waals surface area contributed by atoms with Crippen molar-refractivity contribution in [3.63, 3.8) is 0 Å². The van der Waals surface area contributed by atoms with Crippen LogP contribution in [0.25, 0.3) is 0 Å². The van der Waals surface area contributed by atoms with Crippen molar-refractivity contribution in [2.24, 2.45) is 0 Å². The summed E-state index contributed by atoms with van der Waals surface area (Å²) in [6.45, 7) is -0.663. The van der Waals surface area contributed by atoms with Gasteiger partial charge in [-0.25, -0.2) is 22.8 Å². The lowest BCUT2D eigenvalue weighted by Crippen LogP contribution is -2.16. The summed E-state index contributed by atoms with van der Waals surface area (Å²) in [5.41, 5.74) is -0.125. The fourth-order valence-electron chi connectivity index (χ4n) is 1.49. The van der Waals surface area contributed by atoms with Gasteiger partial charge < -0.3 is 5.11 Å². The highest BCUT2D eigenvalue weighted by Gasteiger charge is 2.22. The van der Waals surface area contributed by atoms with E-state index in [9.17, 15) is 12.8 Å². The molecule has 0 saturated carbocycles. The van der Waals surface area contributed by atoms with Crippen LogP contribution in [0.3, 0.4) is 0 Å². The number of sulfonamides is 1. The van der Waals surface area contributed by atoms with Crippen molar-refractivity contribution in [1.82, 2.24) is 9.97 Å². The lowest BCUT2D eigenvalue weighted by Gasteiger charge is -2.10. The number of halogens is 2. The van der Waals surface area contributed by atoms with Gasteiger partial charge in [-0.1, -0.05) is 11.6 Å². The first kappa shape index (κ1) is 14.6. The number of nitrogens with one attached hydrogen (secondary N) is 1. The second kappa shape index (κ2) is 5.70. The number of rotatable bonds is 4. The van der Waals surface area contributed by atoms with Gasteiger partial charge in [0.1, 0.15) is 17.0 Å². The molecule has 0 fully saturated rings. The highest BCUT2D eigenvalue weighted by molar-refractivity contribution is 7.92. The normalized spacial score (nSPS) is 11.3. The molecule has 9 heteroatoms. The Morgan fingerprint density at radius 1 is 1.30 bits per heavy atom. The summed E-state index contributed by atoms with van der Waals surface area (Å²) in [6.07, 6.45) is 3.67. The Bertz CT molecular complexity index is 725. The third-order valence-corrected chi connectivity index (χ3v) is 3.95. The minimum Gasteiger partial charge on any atom is -0.392 e. The van der Waals surface area contributed by atoms with E-state index in [4.69, 9.17) is 16.7 Å². The van der Waals surface area contributed by atoms with E-state index in [-0.39, 0.29) is 16.3 Å². The molecule has 0 unspecified atom stereocenters. The number of anilines is 1. The summed E-state index contributed by atoms with van der Waals surface area (Å²) in [5, 5.41) is 8.99. The Morgan fingerprint density at radius 3 is 2.55 bits per heavy atom. The summed E-state index contributed by atoms with van der Waals surface area (Å²) in [4.78, 5) is 6.62. The van der Waals surface area contributed by atoms with E-state index in [0.717, 1.165) is 12.1 Å². The molecule has 1 aromatic carbocycles. The maximum Gasteiger partial charge on any atom is 0.264 e. The molecule has 106 valence electrons. The van der Waals surface area contributed by atoms with Crippen LogP contribution in [0, 0.1) is 5.82 Å². The third kappa shape index (κ3) is 3.03. The predicted octanol–water partition coefficient (Wildman–Crippen LogP) is 1.56. The van der Waals surface area contributed by atoms with Gasteiger partial charge in [0.05, 0.1) is 24.7 Å². The Kier molecular flexibility index (Phi) is 4.17. The Hall–Kier alpha value is -1.77. The molecule has 2 N–H and O–H groups in total. The van der Waals surface area contributed by atoms with Crippen molar-refractivity contribution in [3.05, 3.63) is 47.3 Å². The van der Waals surface area contributed by atoms with E-state index >= 15 is 0 Å². The second-order valence-electron chi connectivity index (χ2n) is 3.77. The monoisotopic (exact) mass is 317 g/mol. The average molecular weight is 318 g/mol. The maximum atomic E-state index is 14.0. The van der Waals surface area contributed by atoms with Gasteiger partial charge >= 0.3 is 0 Å². The molecular weight excluding hydrogens is 309 g/mol. The molecule has 0 radical (unpaired) electrons. The predicted molar refractivity (Wildman–Crippen MR) is 70.2 cm³/mol. The molecule has 0 amide bonds. The largest absolute Gasteiger partial charge is 0.392 e. The number of nitrogens with zero attached hydrogens (tertiary/aromatic N) is 2. The maximum absolute atomic E-state index is 14.0. The third-order valence-electron chi connectivity index (χ3n) is 2.35. The fourth-order valence-corrected chi connectivity index (χ4v) is 2.97. The van der Waals surface area contributed by atoms with Crippen molar-refractivity contribution in [1.29, 1.82) is 0 Å². The molecule has 1 aromatic heterocycles. The van der Waals surface area contributed by atoms with Crippen LogP contribution in [0.15, 0.2) is 35.7 Å². The number of hydrogen-bond acceptors (Lipinski definition) is 5. The molecule has 6 nitrogen and oxygen atoms in total. The van der Waals surface area contributed by atoms with Gasteiger partial charge in [0.15, 0.2) is 0 Å². The number of hydrogen-bond donors (Lipinski definition) is 2. The van der Waals surface area contributed by atoms with Gasteiger partial charge in [0, 0.05) is 10.6 Å². The van der Waals surface area contributed by atoms with Crippen LogP contribution in [-0.2, 0) is 16.6 Å². The first-order valence-electron chi connectivity index (χ1n) is 5.30. The molecule has 0 aliphatic heterocycles. The van der Waals surface area contributed by atoms with Crippen molar-refractivity contribution in [2.75, 3.05) is 4.72 Å². The molecule has 0 aliphatic carbocycles. The summed E-state index contributed by atoms with van der Waals surface area (Å²) in [6, 6.07) is 2.11. The van der Waals surface area contributed by atoms with Crippen LogP contribution in [0.5, 0.6) is 0 Å². The van der Waals surface area contributed by atoms with Crippen LogP contribution in [0.1, 0.15) is 5.56 Å². The SMILES string of the molecule is O=S(=O)(Nc1cncnc1)c1cc(Cl)cc(CO)c1F. The molecule has 2 rings (SSSR count). The van der Waals surface area contributed by atoms with Crippen LogP contribution < -0.4 is 4.72 Å². The molecule has 20 heavy (non-hydrogen) atoms. The van der Waals surface area contributed by atoms with E-state index in [0.29, 0.717) is 0 Å². The molecule has 0 bridgehead atoms. The standard InChI is InChI=1S/C11H9ClFN3O3S/c12-8-1-7(5-17)11(13)10(2-8)20(18,19)16-9-3-14-6-15-4-9/h1-4,6,16-17H,5H2. The lowest BCUT2D eigenvalue weighted by atomic mass is 10.2. The van der Waals surface area contributed by atoms with E-state index in [1.54, 1.807) is 0 Å². The van der Waals surface area contributed by atoms with Gasteiger partial charge in [-0.05, 0) is 12.1 Å². The first-order chi connectivity index (χ1) is 9.44. The minimum atomic E-state index is -4.20. The zero-order chi connectivity index (χ0) is 14.8. The number of aliphatic hydroxyl groups excluding tert-OH is 1. The van der Waals surface area contributed by atoms with E-state index in [2.05, 4.69) is 14.7 Å². The van der Waals surface area contributed by atoms with Gasteiger partial charge in [-0.15, -0.1) is 0 Å². The van der Waals surface area contributed by atoms with E-state index in [1.165, 1.54) is 18.7 Å². The molecule has 2 aromatic rings.